The molecule has 88 valence electrons. The molecule has 0 aromatic carbocycles. The lowest BCUT2D eigenvalue weighted by Crippen LogP contribution is -2.33. The van der Waals surface area contributed by atoms with Gasteiger partial charge in [0, 0.05) is 13.1 Å². The Morgan fingerprint density at radius 1 is 1.25 bits per heavy atom. The fourth-order valence-electron chi connectivity index (χ4n) is 1.45. The quantitative estimate of drug-likeness (QED) is 0.795. The van der Waals surface area contributed by atoms with Gasteiger partial charge in [-0.2, -0.15) is 0 Å². The van der Waals surface area contributed by atoms with E-state index in [1.54, 1.807) is 17.0 Å². The van der Waals surface area contributed by atoms with Crippen LogP contribution in [-0.4, -0.2) is 34.1 Å². The van der Waals surface area contributed by atoms with Crippen molar-refractivity contribution in [3.05, 3.63) is 23.0 Å². The van der Waals surface area contributed by atoms with Crippen LogP contribution in [0.2, 0.25) is 5.15 Å². The molecular formula is C11H16ClN3O. The minimum Gasteiger partial charge on any atom is -0.337 e. The van der Waals surface area contributed by atoms with Crippen LogP contribution < -0.4 is 0 Å². The highest BCUT2D eigenvalue weighted by molar-refractivity contribution is 6.29. The lowest BCUT2D eigenvalue weighted by atomic mass is 10.3. The second-order valence-electron chi connectivity index (χ2n) is 3.53. The van der Waals surface area contributed by atoms with Gasteiger partial charge >= 0.3 is 0 Å². The molecule has 0 aliphatic rings. The maximum Gasteiger partial charge on any atom is 0.274 e. The molecule has 5 heteroatoms. The number of carbonyl (C=O) groups is 1. The van der Waals surface area contributed by atoms with Crippen LogP contribution in [0.5, 0.6) is 0 Å². The van der Waals surface area contributed by atoms with Gasteiger partial charge in [0.25, 0.3) is 5.91 Å². The van der Waals surface area contributed by atoms with Gasteiger partial charge in [-0.1, -0.05) is 25.4 Å². The molecule has 0 N–H and O–H groups in total. The van der Waals surface area contributed by atoms with Crippen molar-refractivity contribution in [1.82, 2.24) is 15.1 Å². The van der Waals surface area contributed by atoms with Crippen LogP contribution in [0.15, 0.2) is 12.1 Å². The van der Waals surface area contributed by atoms with Crippen molar-refractivity contribution in [2.24, 2.45) is 0 Å². The first-order chi connectivity index (χ1) is 7.69. The molecule has 0 aliphatic heterocycles. The highest BCUT2D eigenvalue weighted by atomic mass is 35.5. The van der Waals surface area contributed by atoms with E-state index in [2.05, 4.69) is 10.2 Å². The Kier molecular flexibility index (Phi) is 5.19. The van der Waals surface area contributed by atoms with Crippen LogP contribution in [0, 0.1) is 0 Å². The van der Waals surface area contributed by atoms with Crippen LogP contribution in [0.4, 0.5) is 0 Å². The van der Waals surface area contributed by atoms with E-state index in [9.17, 15) is 4.79 Å². The summed E-state index contributed by atoms with van der Waals surface area (Å²) in [5.74, 6) is -0.0760. The largest absolute Gasteiger partial charge is 0.337 e. The Balaban J connectivity index is 2.77. The van der Waals surface area contributed by atoms with Crippen molar-refractivity contribution in [2.75, 3.05) is 13.1 Å². The van der Waals surface area contributed by atoms with Crippen molar-refractivity contribution >= 4 is 17.5 Å². The Morgan fingerprint density at radius 2 is 1.88 bits per heavy atom. The highest BCUT2D eigenvalue weighted by Crippen LogP contribution is 2.06. The van der Waals surface area contributed by atoms with E-state index >= 15 is 0 Å². The fourth-order valence-corrected chi connectivity index (χ4v) is 1.55. The molecule has 1 rings (SSSR count). The molecule has 0 radical (unpaired) electrons. The van der Waals surface area contributed by atoms with E-state index in [-0.39, 0.29) is 5.91 Å². The topological polar surface area (TPSA) is 46.1 Å². The van der Waals surface area contributed by atoms with Gasteiger partial charge in [-0.15, -0.1) is 10.2 Å². The predicted molar refractivity (Wildman–Crippen MR) is 63.5 cm³/mol. The van der Waals surface area contributed by atoms with Gasteiger partial charge in [-0.3, -0.25) is 4.79 Å². The number of nitrogens with zero attached hydrogens (tertiary/aromatic N) is 3. The number of halogens is 1. The molecule has 0 bridgehead atoms. The number of carbonyl (C=O) groups excluding carboxylic acids is 1. The van der Waals surface area contributed by atoms with E-state index < -0.39 is 0 Å². The zero-order valence-corrected chi connectivity index (χ0v) is 10.4. The average molecular weight is 242 g/mol. The molecule has 0 saturated carbocycles. The summed E-state index contributed by atoms with van der Waals surface area (Å²) in [7, 11) is 0. The van der Waals surface area contributed by atoms with E-state index in [0.29, 0.717) is 10.8 Å². The van der Waals surface area contributed by atoms with E-state index in [4.69, 9.17) is 11.6 Å². The lowest BCUT2D eigenvalue weighted by Gasteiger charge is -2.20. The Hall–Kier alpha value is -1.16. The van der Waals surface area contributed by atoms with Crippen molar-refractivity contribution < 1.29 is 4.79 Å². The molecule has 0 aliphatic carbocycles. The second kappa shape index (κ2) is 6.43. The molecule has 0 spiro atoms. The van der Waals surface area contributed by atoms with Crippen molar-refractivity contribution in [3.8, 4) is 0 Å². The summed E-state index contributed by atoms with van der Waals surface area (Å²) in [4.78, 5) is 13.8. The van der Waals surface area contributed by atoms with Crippen LogP contribution in [-0.2, 0) is 0 Å². The summed E-state index contributed by atoms with van der Waals surface area (Å²) in [5, 5.41) is 7.76. The zero-order valence-electron chi connectivity index (χ0n) is 9.61. The highest BCUT2D eigenvalue weighted by Gasteiger charge is 2.15. The van der Waals surface area contributed by atoms with Crippen LogP contribution in [0.25, 0.3) is 0 Å². The van der Waals surface area contributed by atoms with Gasteiger partial charge in [-0.05, 0) is 25.0 Å². The minimum absolute atomic E-state index is 0.0760. The van der Waals surface area contributed by atoms with Gasteiger partial charge in [0.2, 0.25) is 0 Å². The molecule has 1 heterocycles. The number of hydrogen-bond acceptors (Lipinski definition) is 3. The van der Waals surface area contributed by atoms with Crippen LogP contribution in [0.3, 0.4) is 0 Å². The third-order valence-electron chi connectivity index (χ3n) is 2.13. The number of rotatable bonds is 5. The minimum atomic E-state index is -0.0760. The van der Waals surface area contributed by atoms with Gasteiger partial charge in [0.1, 0.15) is 0 Å². The van der Waals surface area contributed by atoms with Crippen LogP contribution >= 0.6 is 11.6 Å². The second-order valence-corrected chi connectivity index (χ2v) is 3.92. The molecular weight excluding hydrogens is 226 g/mol. The first kappa shape index (κ1) is 12.9. The maximum absolute atomic E-state index is 12.0. The van der Waals surface area contributed by atoms with Gasteiger partial charge in [0.05, 0.1) is 0 Å². The van der Waals surface area contributed by atoms with Crippen molar-refractivity contribution in [2.45, 2.75) is 26.7 Å². The Bertz CT molecular complexity index is 334. The molecule has 0 unspecified atom stereocenters. The molecule has 1 aromatic rings. The normalized spacial score (nSPS) is 10.2. The van der Waals surface area contributed by atoms with Crippen LogP contribution in [0.1, 0.15) is 37.2 Å². The van der Waals surface area contributed by atoms with Gasteiger partial charge in [0.15, 0.2) is 10.8 Å². The lowest BCUT2D eigenvalue weighted by molar-refractivity contribution is 0.0748. The van der Waals surface area contributed by atoms with E-state index in [1.165, 1.54) is 0 Å². The molecule has 1 aromatic heterocycles. The first-order valence-electron chi connectivity index (χ1n) is 5.47. The average Bonchev–Trinajstić information content (AvgIpc) is 2.29. The smallest absolute Gasteiger partial charge is 0.274 e. The maximum atomic E-state index is 12.0. The van der Waals surface area contributed by atoms with Crippen molar-refractivity contribution in [3.63, 3.8) is 0 Å². The third-order valence-corrected chi connectivity index (χ3v) is 2.33. The molecule has 0 fully saturated rings. The van der Waals surface area contributed by atoms with E-state index in [1.807, 2.05) is 13.8 Å². The van der Waals surface area contributed by atoms with Crippen molar-refractivity contribution in [1.29, 1.82) is 0 Å². The molecule has 4 nitrogen and oxygen atoms in total. The Labute approximate surface area is 101 Å². The zero-order chi connectivity index (χ0) is 12.0. The summed E-state index contributed by atoms with van der Waals surface area (Å²) in [5.41, 5.74) is 0.353. The van der Waals surface area contributed by atoms with Gasteiger partial charge < -0.3 is 4.90 Å². The molecule has 1 amide bonds. The molecule has 0 saturated heterocycles. The summed E-state index contributed by atoms with van der Waals surface area (Å²) in [6.45, 7) is 5.58. The monoisotopic (exact) mass is 241 g/mol. The molecule has 16 heavy (non-hydrogen) atoms. The Morgan fingerprint density at radius 3 is 2.31 bits per heavy atom. The fraction of sp³-hybridized carbons (Fsp3) is 0.545. The first-order valence-corrected chi connectivity index (χ1v) is 5.85. The summed E-state index contributed by atoms with van der Waals surface area (Å²) >= 11 is 5.62. The third kappa shape index (κ3) is 3.45. The summed E-state index contributed by atoms with van der Waals surface area (Å²) < 4.78 is 0. The molecule has 0 atom stereocenters. The number of hydrogen-bond donors (Lipinski definition) is 0. The predicted octanol–water partition coefficient (Wildman–Crippen LogP) is 2.39. The number of aromatic nitrogens is 2. The van der Waals surface area contributed by atoms with Gasteiger partial charge in [-0.25, -0.2) is 0 Å². The van der Waals surface area contributed by atoms with E-state index in [0.717, 1.165) is 25.9 Å². The number of amides is 1. The SMILES string of the molecule is CCCN(CCC)C(=O)c1ccc(Cl)nn1. The summed E-state index contributed by atoms with van der Waals surface area (Å²) in [6, 6.07) is 3.19. The summed E-state index contributed by atoms with van der Waals surface area (Å²) in [6.07, 6.45) is 1.87. The standard InChI is InChI=1S/C11H16ClN3O/c1-3-7-15(8-4-2)11(16)9-5-6-10(12)14-13-9/h5-6H,3-4,7-8H2,1-2H3.